The average Bonchev–Trinajstić information content (AvgIpc) is 3.04. The van der Waals surface area contributed by atoms with E-state index in [0.29, 0.717) is 52.9 Å². The third-order valence-corrected chi connectivity index (χ3v) is 13.0. The molecule has 0 radical (unpaired) electrons. The summed E-state index contributed by atoms with van der Waals surface area (Å²) in [6.07, 6.45) is 9.13. The number of rotatable bonds is 23. The van der Waals surface area contributed by atoms with Gasteiger partial charge in [-0.15, -0.1) is 0 Å². The van der Waals surface area contributed by atoms with Crippen molar-refractivity contribution in [1.82, 2.24) is 0 Å². The molecule has 3 rings (SSSR count). The number of unbranched alkanes of at least 4 members (excludes halogenated alkanes) is 5. The van der Waals surface area contributed by atoms with E-state index in [9.17, 15) is 0 Å². The number of ether oxygens (including phenoxy) is 4. The third-order valence-electron chi connectivity index (χ3n) is 7.95. The van der Waals surface area contributed by atoms with Crippen LogP contribution >= 0.6 is 0 Å². The number of aryl methyl sites for hydroxylation is 1. The van der Waals surface area contributed by atoms with Gasteiger partial charge >= 0.3 is 0 Å². The highest BCUT2D eigenvalue weighted by atomic mass is 28.4. The van der Waals surface area contributed by atoms with E-state index in [0.717, 1.165) is 12.2 Å². The maximum atomic E-state index is 6.86. The van der Waals surface area contributed by atoms with Gasteiger partial charge in [0.1, 0.15) is 12.4 Å². The molecule has 0 aliphatic heterocycles. The maximum Gasteiger partial charge on any atom is 0.261 e. The van der Waals surface area contributed by atoms with Crippen LogP contribution in [0.25, 0.3) is 0 Å². The molecular formula is C38H56O5Si. The van der Waals surface area contributed by atoms with Crippen molar-refractivity contribution in [2.24, 2.45) is 0 Å². The largest absolute Gasteiger partial charge is 0.491 e. The van der Waals surface area contributed by atoms with Crippen molar-refractivity contribution in [2.75, 3.05) is 52.9 Å². The Morgan fingerprint density at radius 1 is 0.523 bits per heavy atom. The second kappa shape index (κ2) is 20.5. The van der Waals surface area contributed by atoms with Crippen LogP contribution in [0.2, 0.25) is 5.04 Å². The molecule has 0 bridgehead atoms. The summed E-state index contributed by atoms with van der Waals surface area (Å²) in [7, 11) is -2.52. The zero-order chi connectivity index (χ0) is 31.4. The van der Waals surface area contributed by atoms with E-state index in [1.165, 1.54) is 54.5 Å². The third kappa shape index (κ3) is 12.1. The summed E-state index contributed by atoms with van der Waals surface area (Å²) in [4.78, 5) is 0. The molecule has 0 unspecified atom stereocenters. The van der Waals surface area contributed by atoms with Crippen LogP contribution in [-0.4, -0.2) is 61.2 Å². The minimum atomic E-state index is -2.52. The smallest absolute Gasteiger partial charge is 0.261 e. The van der Waals surface area contributed by atoms with Crippen molar-refractivity contribution in [3.63, 3.8) is 0 Å². The Bertz CT molecular complexity index is 1080. The van der Waals surface area contributed by atoms with Gasteiger partial charge in [0.15, 0.2) is 0 Å². The first kappa shape index (κ1) is 36.0. The van der Waals surface area contributed by atoms with Gasteiger partial charge < -0.3 is 23.4 Å². The van der Waals surface area contributed by atoms with Crippen LogP contribution in [-0.2, 0) is 25.1 Å². The molecule has 3 aromatic carbocycles. The minimum Gasteiger partial charge on any atom is -0.491 e. The van der Waals surface area contributed by atoms with Gasteiger partial charge in [-0.2, -0.15) is 0 Å². The number of hydrogen-bond acceptors (Lipinski definition) is 5. The van der Waals surface area contributed by atoms with Crippen LogP contribution in [0, 0.1) is 0 Å². The second-order valence-corrected chi connectivity index (χ2v) is 16.7. The molecule has 0 saturated carbocycles. The fraction of sp³-hybridized carbons (Fsp3) is 0.526. The molecule has 0 aliphatic rings. The summed E-state index contributed by atoms with van der Waals surface area (Å²) in [5.41, 5.74) is 1.39. The SMILES string of the molecule is CCCCCCCCc1ccc(OCCOCCOCCOCCO[Si](c2ccccc2)(c2ccccc2)C(C)(C)C)cc1. The Morgan fingerprint density at radius 3 is 1.52 bits per heavy atom. The average molecular weight is 621 g/mol. The molecule has 0 heterocycles. The van der Waals surface area contributed by atoms with Crippen LogP contribution in [0.1, 0.15) is 71.8 Å². The maximum absolute atomic E-state index is 6.86. The normalized spacial score (nSPS) is 12.0. The lowest BCUT2D eigenvalue weighted by atomic mass is 10.0. The molecule has 5 nitrogen and oxygen atoms in total. The summed E-state index contributed by atoms with van der Waals surface area (Å²) in [5.74, 6) is 0.896. The van der Waals surface area contributed by atoms with Crippen LogP contribution < -0.4 is 15.1 Å². The molecule has 242 valence electrons. The Labute approximate surface area is 268 Å². The first-order valence-electron chi connectivity index (χ1n) is 16.7. The van der Waals surface area contributed by atoms with Gasteiger partial charge in [0.2, 0.25) is 0 Å². The Morgan fingerprint density at radius 2 is 1.00 bits per heavy atom. The Kier molecular flexibility index (Phi) is 16.8. The molecule has 6 heteroatoms. The molecule has 0 amide bonds. The summed E-state index contributed by atoms with van der Waals surface area (Å²) in [5, 5.41) is 2.52. The van der Waals surface area contributed by atoms with Crippen molar-refractivity contribution in [1.29, 1.82) is 0 Å². The summed E-state index contributed by atoms with van der Waals surface area (Å²) < 4.78 is 29.9. The van der Waals surface area contributed by atoms with E-state index >= 15 is 0 Å². The van der Waals surface area contributed by atoms with E-state index < -0.39 is 8.32 Å². The summed E-state index contributed by atoms with van der Waals surface area (Å²) >= 11 is 0. The van der Waals surface area contributed by atoms with E-state index in [4.69, 9.17) is 23.4 Å². The topological polar surface area (TPSA) is 46.2 Å². The molecular weight excluding hydrogens is 564 g/mol. The van der Waals surface area contributed by atoms with Crippen molar-refractivity contribution >= 4 is 18.7 Å². The van der Waals surface area contributed by atoms with Crippen molar-refractivity contribution in [3.05, 3.63) is 90.5 Å². The highest BCUT2D eigenvalue weighted by Gasteiger charge is 2.49. The highest BCUT2D eigenvalue weighted by Crippen LogP contribution is 2.36. The van der Waals surface area contributed by atoms with Gasteiger partial charge in [0.05, 0.1) is 46.2 Å². The molecule has 0 aliphatic carbocycles. The number of hydrogen-bond donors (Lipinski definition) is 0. The zero-order valence-corrected chi connectivity index (χ0v) is 28.7. The predicted molar refractivity (Wildman–Crippen MR) is 185 cm³/mol. The predicted octanol–water partition coefficient (Wildman–Crippen LogP) is 7.59. The second-order valence-electron chi connectivity index (χ2n) is 12.4. The molecule has 0 aromatic heterocycles. The van der Waals surface area contributed by atoms with Gasteiger partial charge in [-0.05, 0) is 45.9 Å². The zero-order valence-electron chi connectivity index (χ0n) is 27.7. The molecule has 0 spiro atoms. The van der Waals surface area contributed by atoms with Crippen LogP contribution in [0.15, 0.2) is 84.9 Å². The van der Waals surface area contributed by atoms with E-state index in [1.54, 1.807) is 0 Å². The monoisotopic (exact) mass is 620 g/mol. The van der Waals surface area contributed by atoms with Crippen LogP contribution in [0.5, 0.6) is 5.75 Å². The van der Waals surface area contributed by atoms with Gasteiger partial charge in [0, 0.05) is 0 Å². The van der Waals surface area contributed by atoms with Crippen molar-refractivity contribution in [3.8, 4) is 5.75 Å². The summed E-state index contributed by atoms with van der Waals surface area (Å²) in [6.45, 7) is 13.4. The molecule has 0 atom stereocenters. The fourth-order valence-corrected chi connectivity index (χ4v) is 10.2. The van der Waals surface area contributed by atoms with Crippen LogP contribution in [0.4, 0.5) is 0 Å². The first-order chi connectivity index (χ1) is 21.5. The number of benzene rings is 3. The molecule has 0 N–H and O–H groups in total. The Balaban J connectivity index is 1.24. The molecule has 44 heavy (non-hydrogen) atoms. The lowest BCUT2D eigenvalue weighted by Crippen LogP contribution is -2.66. The van der Waals surface area contributed by atoms with Crippen molar-refractivity contribution < 1.29 is 23.4 Å². The van der Waals surface area contributed by atoms with Gasteiger partial charge in [-0.25, -0.2) is 0 Å². The lowest BCUT2D eigenvalue weighted by molar-refractivity contribution is 0.00451. The quantitative estimate of drug-likeness (QED) is 0.0807. The standard InChI is InChI=1S/C38H56O5Si/c1-5-6-7-8-9-12-17-34-22-24-35(25-23-34)42-32-30-40-28-26-39-27-29-41-31-33-43-44(38(2,3)4,36-18-13-10-14-19-36)37-20-15-11-16-21-37/h10-11,13-16,18-25H,5-9,12,17,26-33H2,1-4H3. The van der Waals surface area contributed by atoms with Crippen molar-refractivity contribution in [2.45, 2.75) is 77.7 Å². The molecule has 0 saturated heterocycles. The van der Waals surface area contributed by atoms with E-state index in [2.05, 4.69) is 113 Å². The van der Waals surface area contributed by atoms with E-state index in [1.807, 2.05) is 0 Å². The van der Waals surface area contributed by atoms with Gasteiger partial charge in [0.25, 0.3) is 8.32 Å². The Hall–Kier alpha value is -2.48. The van der Waals surface area contributed by atoms with E-state index in [-0.39, 0.29) is 5.04 Å². The first-order valence-corrected chi connectivity index (χ1v) is 18.6. The fourth-order valence-electron chi connectivity index (χ4n) is 5.64. The minimum absolute atomic E-state index is 0.0402. The van der Waals surface area contributed by atoms with Gasteiger partial charge in [-0.3, -0.25) is 0 Å². The lowest BCUT2D eigenvalue weighted by Gasteiger charge is -2.43. The van der Waals surface area contributed by atoms with Gasteiger partial charge in [-0.1, -0.05) is 133 Å². The summed E-state index contributed by atoms with van der Waals surface area (Å²) in [6, 6.07) is 29.9. The highest BCUT2D eigenvalue weighted by molar-refractivity contribution is 6.99. The molecule has 3 aromatic rings. The van der Waals surface area contributed by atoms with Crippen LogP contribution in [0.3, 0.4) is 0 Å². The molecule has 0 fully saturated rings.